The van der Waals surface area contributed by atoms with Gasteiger partial charge in [-0.3, -0.25) is 13.9 Å². The number of hydrogen-bond donors (Lipinski definition) is 1. The van der Waals surface area contributed by atoms with Crippen LogP contribution in [0.3, 0.4) is 0 Å². The van der Waals surface area contributed by atoms with Crippen LogP contribution in [0, 0.1) is 6.92 Å². The lowest BCUT2D eigenvalue weighted by atomic mass is 10.1. The number of aryl methyl sites for hydroxylation is 1. The molecule has 0 aliphatic carbocycles. The zero-order chi connectivity index (χ0) is 25.6. The first-order valence-corrected chi connectivity index (χ1v) is 13.3. The summed E-state index contributed by atoms with van der Waals surface area (Å²) in [5.41, 5.74) is 2.25. The van der Waals surface area contributed by atoms with Crippen LogP contribution < -0.4 is 9.62 Å². The molecule has 0 saturated heterocycles. The van der Waals surface area contributed by atoms with Crippen molar-refractivity contribution in [1.29, 1.82) is 0 Å². The number of carbonyl (C=O) groups excluding carboxylic acids is 2. The summed E-state index contributed by atoms with van der Waals surface area (Å²) in [7, 11) is -2.55. The van der Waals surface area contributed by atoms with Crippen LogP contribution in [-0.4, -0.2) is 44.8 Å². The molecule has 35 heavy (non-hydrogen) atoms. The molecule has 0 saturated carbocycles. The van der Waals surface area contributed by atoms with E-state index in [9.17, 15) is 18.0 Å². The van der Waals surface area contributed by atoms with E-state index >= 15 is 0 Å². The van der Waals surface area contributed by atoms with Crippen molar-refractivity contribution in [3.63, 3.8) is 0 Å². The number of sulfonamides is 1. The number of carbonyl (C=O) groups is 2. The van der Waals surface area contributed by atoms with E-state index in [0.29, 0.717) is 5.69 Å². The molecule has 1 atom stereocenters. The monoisotopic (exact) mass is 557 g/mol. The zero-order valence-electron chi connectivity index (χ0n) is 19.8. The molecule has 3 aromatic carbocycles. The minimum absolute atomic E-state index is 0.0696. The number of anilines is 1. The topological polar surface area (TPSA) is 86.8 Å². The fourth-order valence-corrected chi connectivity index (χ4v) is 5.24. The van der Waals surface area contributed by atoms with Gasteiger partial charge in [-0.15, -0.1) is 0 Å². The Balaban J connectivity index is 2.00. The predicted octanol–water partition coefficient (Wildman–Crippen LogP) is 4.12. The molecule has 0 aliphatic heterocycles. The number of likely N-dealkylation sites (N-methyl/N-ethyl adjacent to an activating group) is 1. The maximum absolute atomic E-state index is 13.6. The summed E-state index contributed by atoms with van der Waals surface area (Å²) < 4.78 is 29.0. The van der Waals surface area contributed by atoms with Crippen LogP contribution in [0.4, 0.5) is 5.69 Å². The SMILES string of the molecule is CNC(=O)[C@@H](C)N(Cc1ccc(C)cc1)C(=O)CN(c1ccc(Br)cc1)S(=O)(=O)c1ccccc1. The molecule has 0 heterocycles. The maximum atomic E-state index is 13.6. The van der Waals surface area contributed by atoms with E-state index in [0.717, 1.165) is 19.9 Å². The molecule has 3 rings (SSSR count). The molecule has 0 unspecified atom stereocenters. The minimum atomic E-state index is -4.06. The lowest BCUT2D eigenvalue weighted by Crippen LogP contribution is -2.50. The largest absolute Gasteiger partial charge is 0.357 e. The fourth-order valence-electron chi connectivity index (χ4n) is 3.54. The lowest BCUT2D eigenvalue weighted by molar-refractivity contribution is -0.139. The maximum Gasteiger partial charge on any atom is 0.264 e. The van der Waals surface area contributed by atoms with Gasteiger partial charge in [-0.25, -0.2) is 8.42 Å². The van der Waals surface area contributed by atoms with Crippen LogP contribution in [-0.2, 0) is 26.2 Å². The first-order chi connectivity index (χ1) is 16.6. The van der Waals surface area contributed by atoms with Gasteiger partial charge in [0.2, 0.25) is 11.8 Å². The first-order valence-electron chi connectivity index (χ1n) is 11.0. The molecule has 0 aromatic heterocycles. The van der Waals surface area contributed by atoms with E-state index in [4.69, 9.17) is 0 Å². The number of nitrogens with one attached hydrogen (secondary N) is 1. The Morgan fingerprint density at radius 1 is 0.943 bits per heavy atom. The normalized spacial score (nSPS) is 12.0. The molecular formula is C26H28BrN3O4S. The number of nitrogens with zero attached hydrogens (tertiary/aromatic N) is 2. The van der Waals surface area contributed by atoms with Crippen molar-refractivity contribution >= 4 is 43.5 Å². The molecule has 0 spiro atoms. The summed E-state index contributed by atoms with van der Waals surface area (Å²) in [5.74, 6) is -0.837. The Kier molecular flexibility index (Phi) is 8.69. The van der Waals surface area contributed by atoms with Crippen molar-refractivity contribution < 1.29 is 18.0 Å². The highest BCUT2D eigenvalue weighted by Crippen LogP contribution is 2.26. The summed E-state index contributed by atoms with van der Waals surface area (Å²) in [6.07, 6.45) is 0. The molecule has 3 aromatic rings. The number of benzene rings is 3. The van der Waals surface area contributed by atoms with Gasteiger partial charge in [0, 0.05) is 18.1 Å². The van der Waals surface area contributed by atoms with Crippen LogP contribution in [0.5, 0.6) is 0 Å². The summed E-state index contributed by atoms with van der Waals surface area (Å²) in [4.78, 5) is 27.6. The van der Waals surface area contributed by atoms with E-state index in [2.05, 4.69) is 21.2 Å². The van der Waals surface area contributed by atoms with Crippen molar-refractivity contribution in [1.82, 2.24) is 10.2 Å². The van der Waals surface area contributed by atoms with Crippen molar-refractivity contribution in [2.24, 2.45) is 0 Å². The van der Waals surface area contributed by atoms with Gasteiger partial charge >= 0.3 is 0 Å². The standard InChI is InChI=1S/C26H28BrN3O4S/c1-19-9-11-21(12-10-19)17-29(20(2)26(32)28-3)25(31)18-30(23-15-13-22(27)14-16-23)35(33,34)24-7-5-4-6-8-24/h4-16,20H,17-18H2,1-3H3,(H,28,32)/t20-/m1/s1. The van der Waals surface area contributed by atoms with Gasteiger partial charge in [-0.2, -0.15) is 0 Å². The van der Waals surface area contributed by atoms with Gasteiger partial charge < -0.3 is 10.2 Å². The van der Waals surface area contributed by atoms with E-state index in [1.807, 2.05) is 31.2 Å². The number of hydrogen-bond acceptors (Lipinski definition) is 4. The molecule has 2 amide bonds. The molecule has 0 fully saturated rings. The first kappa shape index (κ1) is 26.4. The van der Waals surface area contributed by atoms with Crippen LogP contribution in [0.2, 0.25) is 0 Å². The summed E-state index contributed by atoms with van der Waals surface area (Å²) in [5, 5.41) is 2.57. The van der Waals surface area contributed by atoms with Gasteiger partial charge in [0.1, 0.15) is 12.6 Å². The second kappa shape index (κ2) is 11.5. The Morgan fingerprint density at radius 3 is 2.11 bits per heavy atom. The smallest absolute Gasteiger partial charge is 0.264 e. The third-order valence-electron chi connectivity index (χ3n) is 5.61. The molecule has 0 aliphatic rings. The number of halogens is 1. The Morgan fingerprint density at radius 2 is 1.54 bits per heavy atom. The van der Waals surface area contributed by atoms with Gasteiger partial charge in [0.25, 0.3) is 10.0 Å². The average Bonchev–Trinajstić information content (AvgIpc) is 2.87. The van der Waals surface area contributed by atoms with Gasteiger partial charge in [-0.1, -0.05) is 64.0 Å². The van der Waals surface area contributed by atoms with E-state index in [1.165, 1.54) is 24.1 Å². The van der Waals surface area contributed by atoms with Crippen LogP contribution >= 0.6 is 15.9 Å². The Labute approximate surface area is 214 Å². The minimum Gasteiger partial charge on any atom is -0.357 e. The molecule has 0 radical (unpaired) electrons. The molecule has 9 heteroatoms. The number of rotatable bonds is 9. The average molecular weight is 558 g/mol. The molecular weight excluding hydrogens is 530 g/mol. The van der Waals surface area contributed by atoms with Crippen LogP contribution in [0.1, 0.15) is 18.1 Å². The van der Waals surface area contributed by atoms with Crippen molar-refractivity contribution in [2.75, 3.05) is 17.9 Å². The van der Waals surface area contributed by atoms with Gasteiger partial charge in [-0.05, 0) is 55.8 Å². The van der Waals surface area contributed by atoms with Crippen LogP contribution in [0.25, 0.3) is 0 Å². The second-order valence-corrected chi connectivity index (χ2v) is 10.9. The quantitative estimate of drug-likeness (QED) is 0.428. The van der Waals surface area contributed by atoms with Crippen LogP contribution in [0.15, 0.2) is 88.2 Å². The highest BCUT2D eigenvalue weighted by molar-refractivity contribution is 9.10. The van der Waals surface area contributed by atoms with Crippen molar-refractivity contribution in [3.05, 3.63) is 94.5 Å². The third-order valence-corrected chi connectivity index (χ3v) is 7.93. The summed E-state index contributed by atoms with van der Waals surface area (Å²) in [6, 6.07) is 21.5. The van der Waals surface area contributed by atoms with Crippen molar-refractivity contribution in [2.45, 2.75) is 31.3 Å². The highest BCUT2D eigenvalue weighted by Gasteiger charge is 2.32. The van der Waals surface area contributed by atoms with Crippen molar-refractivity contribution in [3.8, 4) is 0 Å². The zero-order valence-corrected chi connectivity index (χ0v) is 22.2. The Bertz CT molecular complexity index is 1260. The Hall–Kier alpha value is -3.17. The summed E-state index contributed by atoms with van der Waals surface area (Å²) >= 11 is 3.36. The molecule has 184 valence electrons. The van der Waals surface area contributed by atoms with E-state index < -0.39 is 28.5 Å². The molecule has 7 nitrogen and oxygen atoms in total. The fraction of sp³-hybridized carbons (Fsp3) is 0.231. The summed E-state index contributed by atoms with van der Waals surface area (Å²) in [6.45, 7) is 3.28. The molecule has 0 bridgehead atoms. The number of amides is 2. The molecule has 1 N–H and O–H groups in total. The van der Waals surface area contributed by atoms with E-state index in [1.54, 1.807) is 49.4 Å². The van der Waals surface area contributed by atoms with E-state index in [-0.39, 0.29) is 17.3 Å². The lowest BCUT2D eigenvalue weighted by Gasteiger charge is -2.31. The third kappa shape index (κ3) is 6.49. The predicted molar refractivity (Wildman–Crippen MR) is 140 cm³/mol. The van der Waals surface area contributed by atoms with Gasteiger partial charge in [0.15, 0.2) is 0 Å². The van der Waals surface area contributed by atoms with Gasteiger partial charge in [0.05, 0.1) is 10.6 Å². The highest BCUT2D eigenvalue weighted by atomic mass is 79.9. The second-order valence-electron chi connectivity index (χ2n) is 8.10.